The highest BCUT2D eigenvalue weighted by molar-refractivity contribution is 6.42. The smallest absolute Gasteiger partial charge is 0.363 e. The Hall–Kier alpha value is -2.90. The maximum atomic E-state index is 11.2. The molecule has 138 valence electrons. The number of aromatic amines is 1. The number of H-pyrrole nitrogens is 1. The first-order valence-electron chi connectivity index (χ1n) is 7.90. The fourth-order valence-corrected chi connectivity index (χ4v) is 2.43. The summed E-state index contributed by atoms with van der Waals surface area (Å²) in [7, 11) is 0. The first-order valence-corrected chi connectivity index (χ1v) is 8.66. The number of hydrogen-bond donors (Lipinski definition) is 2. The van der Waals surface area contributed by atoms with Crippen molar-refractivity contribution in [2.75, 3.05) is 5.43 Å². The molecule has 0 radical (unpaired) electrons. The van der Waals surface area contributed by atoms with Gasteiger partial charge in [-0.05, 0) is 54.4 Å². The Morgan fingerprint density at radius 3 is 2.70 bits per heavy atom. The zero-order valence-corrected chi connectivity index (χ0v) is 15.8. The van der Waals surface area contributed by atoms with Gasteiger partial charge >= 0.3 is 5.69 Å². The van der Waals surface area contributed by atoms with Gasteiger partial charge in [-0.1, -0.05) is 29.3 Å². The first-order chi connectivity index (χ1) is 13.0. The van der Waals surface area contributed by atoms with Crippen LogP contribution in [0.4, 0.5) is 5.82 Å². The molecule has 7 nitrogen and oxygen atoms in total. The maximum absolute atomic E-state index is 11.2. The standard InChI is InChI=1S/C18H15Cl2N5O2/c1-11-17(22-18(26)25-23-11)24-21-9-12-2-5-14(6-3-12)27-10-13-4-7-15(19)16(20)8-13/h2-9H,10H2,1H3,(H2,22,24,25,26)/b21-9+. The zero-order chi connectivity index (χ0) is 19.2. The fraction of sp³-hybridized carbons (Fsp3) is 0.111. The van der Waals surface area contributed by atoms with Crippen LogP contribution in [0.25, 0.3) is 0 Å². The van der Waals surface area contributed by atoms with Crippen molar-refractivity contribution >= 4 is 35.2 Å². The van der Waals surface area contributed by atoms with Gasteiger partial charge in [0.05, 0.1) is 16.3 Å². The van der Waals surface area contributed by atoms with Crippen molar-refractivity contribution in [3.05, 3.63) is 79.8 Å². The number of halogens is 2. The molecule has 3 aromatic rings. The molecule has 2 N–H and O–H groups in total. The fourth-order valence-electron chi connectivity index (χ4n) is 2.11. The van der Waals surface area contributed by atoms with Crippen LogP contribution in [0.2, 0.25) is 10.0 Å². The molecule has 0 saturated heterocycles. The number of anilines is 1. The van der Waals surface area contributed by atoms with Crippen LogP contribution in [0.3, 0.4) is 0 Å². The van der Waals surface area contributed by atoms with Crippen molar-refractivity contribution in [2.45, 2.75) is 13.5 Å². The molecule has 1 heterocycles. The van der Waals surface area contributed by atoms with Gasteiger partial charge in [-0.25, -0.2) is 9.89 Å². The lowest BCUT2D eigenvalue weighted by molar-refractivity contribution is 0.306. The lowest BCUT2D eigenvalue weighted by Crippen LogP contribution is -2.15. The Labute approximate surface area is 165 Å². The van der Waals surface area contributed by atoms with Gasteiger partial charge in [-0.3, -0.25) is 5.43 Å². The number of aryl methyl sites for hydroxylation is 1. The van der Waals surface area contributed by atoms with Crippen molar-refractivity contribution in [2.24, 2.45) is 5.10 Å². The minimum Gasteiger partial charge on any atom is -0.489 e. The van der Waals surface area contributed by atoms with E-state index in [4.69, 9.17) is 27.9 Å². The third kappa shape index (κ3) is 5.29. The summed E-state index contributed by atoms with van der Waals surface area (Å²) in [6.07, 6.45) is 1.60. The molecule has 9 heteroatoms. The van der Waals surface area contributed by atoms with Crippen molar-refractivity contribution in [1.82, 2.24) is 15.2 Å². The van der Waals surface area contributed by atoms with Gasteiger partial charge in [0.25, 0.3) is 0 Å². The van der Waals surface area contributed by atoms with Crippen LogP contribution in [0.5, 0.6) is 5.75 Å². The van der Waals surface area contributed by atoms with E-state index in [9.17, 15) is 4.79 Å². The van der Waals surface area contributed by atoms with Crippen molar-refractivity contribution in [1.29, 1.82) is 0 Å². The maximum Gasteiger partial charge on any atom is 0.363 e. The molecule has 0 bridgehead atoms. The van der Waals surface area contributed by atoms with E-state index in [0.717, 1.165) is 11.1 Å². The second kappa shape index (κ2) is 8.66. The summed E-state index contributed by atoms with van der Waals surface area (Å²) >= 11 is 11.9. The van der Waals surface area contributed by atoms with E-state index in [1.54, 1.807) is 25.3 Å². The van der Waals surface area contributed by atoms with E-state index < -0.39 is 5.69 Å². The highest BCUT2D eigenvalue weighted by atomic mass is 35.5. The Kier molecular flexibility index (Phi) is 6.05. The number of ether oxygens (including phenoxy) is 1. The minimum absolute atomic E-state index is 0.302. The van der Waals surface area contributed by atoms with Gasteiger partial charge in [0.2, 0.25) is 0 Å². The van der Waals surface area contributed by atoms with Crippen molar-refractivity contribution < 1.29 is 4.74 Å². The molecule has 0 aliphatic rings. The first kappa shape index (κ1) is 18.9. The molecule has 0 aliphatic heterocycles. The lowest BCUT2D eigenvalue weighted by atomic mass is 10.2. The molecule has 2 aromatic carbocycles. The topological polar surface area (TPSA) is 92.3 Å². The number of nitrogens with one attached hydrogen (secondary N) is 2. The molecule has 0 aliphatic carbocycles. The second-order valence-electron chi connectivity index (χ2n) is 5.55. The Bertz CT molecular complexity index is 1020. The highest BCUT2D eigenvalue weighted by Crippen LogP contribution is 2.23. The summed E-state index contributed by atoms with van der Waals surface area (Å²) in [4.78, 5) is 14.9. The molecule has 0 amide bonds. The number of rotatable bonds is 6. The van der Waals surface area contributed by atoms with Crippen molar-refractivity contribution in [3.8, 4) is 5.75 Å². The van der Waals surface area contributed by atoms with Gasteiger partial charge in [-0.15, -0.1) is 0 Å². The molecule has 0 unspecified atom stereocenters. The summed E-state index contributed by atoms with van der Waals surface area (Å²) in [5.74, 6) is 1.01. The average Bonchev–Trinajstić information content (AvgIpc) is 2.66. The van der Waals surface area contributed by atoms with Crippen LogP contribution in [-0.2, 0) is 6.61 Å². The summed E-state index contributed by atoms with van der Waals surface area (Å²) in [5.41, 5.74) is 4.47. The minimum atomic E-state index is -0.540. The largest absolute Gasteiger partial charge is 0.489 e. The van der Waals surface area contributed by atoms with E-state index in [0.29, 0.717) is 33.9 Å². The SMILES string of the molecule is Cc1n[nH]c(=O)nc1N/N=C/c1ccc(OCc2ccc(Cl)c(Cl)c2)cc1. The molecule has 0 saturated carbocycles. The predicted octanol–water partition coefficient (Wildman–Crippen LogP) is 3.81. The van der Waals surface area contributed by atoms with Gasteiger partial charge in [0, 0.05) is 0 Å². The predicted molar refractivity (Wildman–Crippen MR) is 106 cm³/mol. The normalized spacial score (nSPS) is 10.9. The van der Waals surface area contributed by atoms with Crippen LogP contribution in [0.15, 0.2) is 52.4 Å². The average molecular weight is 404 g/mol. The third-order valence-electron chi connectivity index (χ3n) is 3.53. The van der Waals surface area contributed by atoms with Gasteiger partial charge in [0.15, 0.2) is 5.82 Å². The summed E-state index contributed by atoms with van der Waals surface area (Å²) in [6.45, 7) is 2.09. The molecule has 27 heavy (non-hydrogen) atoms. The Morgan fingerprint density at radius 2 is 1.96 bits per heavy atom. The van der Waals surface area contributed by atoms with Crippen molar-refractivity contribution in [3.63, 3.8) is 0 Å². The van der Waals surface area contributed by atoms with Crippen LogP contribution >= 0.6 is 23.2 Å². The molecule has 0 atom stereocenters. The van der Waals surface area contributed by atoms with E-state index in [2.05, 4.69) is 25.7 Å². The number of benzene rings is 2. The molecule has 0 fully saturated rings. The Balaban J connectivity index is 1.57. The number of aromatic nitrogens is 3. The summed E-state index contributed by atoms with van der Waals surface area (Å²) < 4.78 is 5.73. The summed E-state index contributed by atoms with van der Waals surface area (Å²) in [6, 6.07) is 12.7. The summed E-state index contributed by atoms with van der Waals surface area (Å²) in [5, 5.41) is 11.1. The van der Waals surface area contributed by atoms with E-state index in [1.807, 2.05) is 30.3 Å². The number of hydrogen-bond acceptors (Lipinski definition) is 6. The zero-order valence-electron chi connectivity index (χ0n) is 14.2. The van der Waals surface area contributed by atoms with Crippen LogP contribution in [0.1, 0.15) is 16.8 Å². The second-order valence-corrected chi connectivity index (χ2v) is 6.37. The molecule has 0 spiro atoms. The number of nitrogens with zero attached hydrogens (tertiary/aromatic N) is 3. The van der Waals surface area contributed by atoms with Crippen LogP contribution in [-0.4, -0.2) is 21.4 Å². The third-order valence-corrected chi connectivity index (χ3v) is 4.27. The Morgan fingerprint density at radius 1 is 1.19 bits per heavy atom. The molecule has 1 aromatic heterocycles. The van der Waals surface area contributed by atoms with E-state index in [-0.39, 0.29) is 0 Å². The quantitative estimate of drug-likeness (QED) is 0.482. The highest BCUT2D eigenvalue weighted by Gasteiger charge is 2.02. The monoisotopic (exact) mass is 403 g/mol. The van der Waals surface area contributed by atoms with Crippen LogP contribution in [0, 0.1) is 6.92 Å². The lowest BCUT2D eigenvalue weighted by Gasteiger charge is -2.07. The van der Waals surface area contributed by atoms with E-state index >= 15 is 0 Å². The molecular formula is C18H15Cl2N5O2. The van der Waals surface area contributed by atoms with Crippen LogP contribution < -0.4 is 15.9 Å². The van der Waals surface area contributed by atoms with Gasteiger partial charge in [0.1, 0.15) is 18.1 Å². The molecule has 3 rings (SSSR count). The van der Waals surface area contributed by atoms with Gasteiger partial charge < -0.3 is 4.74 Å². The van der Waals surface area contributed by atoms with E-state index in [1.165, 1.54) is 0 Å². The molecular weight excluding hydrogens is 389 g/mol. The van der Waals surface area contributed by atoms with Gasteiger partial charge in [-0.2, -0.15) is 15.2 Å². The number of hydrazone groups is 1.